The van der Waals surface area contributed by atoms with Gasteiger partial charge in [0.2, 0.25) is 0 Å². The molecule has 0 aliphatic carbocycles. The molecule has 0 radical (unpaired) electrons. The van der Waals surface area contributed by atoms with Gasteiger partial charge in [-0.1, -0.05) is 0 Å². The second-order valence-electron chi connectivity index (χ2n) is 6.94. The largest absolute Gasteiger partial charge is 0.395 e. The summed E-state index contributed by atoms with van der Waals surface area (Å²) in [7, 11) is -1.87. The van der Waals surface area contributed by atoms with Gasteiger partial charge >= 0.3 is 0 Å². The van der Waals surface area contributed by atoms with E-state index in [1.807, 2.05) is 12.1 Å². The minimum Gasteiger partial charge on any atom is -0.395 e. The fourth-order valence-electron chi connectivity index (χ4n) is 3.45. The molecule has 11 heteroatoms. The topological polar surface area (TPSA) is 114 Å². The number of piperazine rings is 1. The minimum absolute atomic E-state index is 0.0579. The number of hydrogen-bond donors (Lipinski definition) is 1. The van der Waals surface area contributed by atoms with Crippen LogP contribution in [0.1, 0.15) is 0 Å². The van der Waals surface area contributed by atoms with Crippen molar-refractivity contribution in [2.24, 2.45) is 7.05 Å². The zero-order valence-electron chi connectivity index (χ0n) is 16.0. The average Bonchev–Trinajstić information content (AvgIpc) is 3.17. The SMILES string of the molecule is Cn1cnc(S(=O)(=O)N2CCN(c3ccc4c(=O)n(CCO)cnc4c3)CC2)c1. The third kappa shape index (κ3) is 3.63. The van der Waals surface area contributed by atoms with Crippen molar-refractivity contribution in [1.82, 2.24) is 23.4 Å². The number of anilines is 1. The summed E-state index contributed by atoms with van der Waals surface area (Å²) < 4.78 is 29.8. The van der Waals surface area contributed by atoms with E-state index in [0.29, 0.717) is 37.1 Å². The molecule has 2 aromatic heterocycles. The quantitative estimate of drug-likeness (QED) is 0.602. The van der Waals surface area contributed by atoms with Gasteiger partial charge in [-0.2, -0.15) is 4.31 Å². The van der Waals surface area contributed by atoms with E-state index >= 15 is 0 Å². The lowest BCUT2D eigenvalue weighted by Crippen LogP contribution is -2.48. The molecular formula is C18H22N6O4S. The summed E-state index contributed by atoms with van der Waals surface area (Å²) in [6.07, 6.45) is 4.40. The van der Waals surface area contributed by atoms with Crippen LogP contribution in [0.2, 0.25) is 0 Å². The van der Waals surface area contributed by atoms with Gasteiger partial charge < -0.3 is 14.6 Å². The van der Waals surface area contributed by atoms with Crippen molar-refractivity contribution < 1.29 is 13.5 Å². The zero-order valence-corrected chi connectivity index (χ0v) is 16.8. The van der Waals surface area contributed by atoms with Crippen molar-refractivity contribution >= 4 is 26.6 Å². The first-order valence-corrected chi connectivity index (χ1v) is 10.7. The van der Waals surface area contributed by atoms with Crippen LogP contribution in [-0.2, 0) is 23.6 Å². The van der Waals surface area contributed by atoms with Gasteiger partial charge in [-0.3, -0.25) is 9.36 Å². The molecule has 29 heavy (non-hydrogen) atoms. The molecule has 10 nitrogen and oxygen atoms in total. The molecule has 1 fully saturated rings. The molecule has 4 rings (SSSR count). The normalized spacial score (nSPS) is 15.9. The number of hydrogen-bond acceptors (Lipinski definition) is 7. The number of imidazole rings is 1. The maximum Gasteiger partial charge on any atom is 0.262 e. The summed E-state index contributed by atoms with van der Waals surface area (Å²) in [5, 5.41) is 9.58. The number of aromatic nitrogens is 4. The van der Waals surface area contributed by atoms with Crippen LogP contribution in [-0.4, -0.2) is 69.7 Å². The maximum absolute atomic E-state index is 12.7. The predicted molar refractivity (Wildman–Crippen MR) is 107 cm³/mol. The van der Waals surface area contributed by atoms with Gasteiger partial charge in [0.05, 0.1) is 36.7 Å². The standard InChI is InChI=1S/C18H22N6O4S/c1-21-11-17(20-12-21)29(27,28)24-6-4-22(5-7-24)14-2-3-15-16(10-14)19-13-23(8-9-25)18(15)26/h2-3,10-13,25H,4-9H2,1H3. The molecule has 0 unspecified atom stereocenters. The minimum atomic E-state index is -3.60. The highest BCUT2D eigenvalue weighted by Crippen LogP contribution is 2.22. The number of sulfonamides is 1. The lowest BCUT2D eigenvalue weighted by molar-refractivity contribution is 0.274. The number of aryl methyl sites for hydroxylation is 1. The van der Waals surface area contributed by atoms with Crippen molar-refractivity contribution in [2.45, 2.75) is 11.6 Å². The fourth-order valence-corrected chi connectivity index (χ4v) is 4.84. The third-order valence-corrected chi connectivity index (χ3v) is 6.82. The number of nitrogens with zero attached hydrogens (tertiary/aromatic N) is 6. The van der Waals surface area contributed by atoms with Crippen LogP contribution in [0.4, 0.5) is 5.69 Å². The Morgan fingerprint density at radius 3 is 2.52 bits per heavy atom. The molecular weight excluding hydrogens is 396 g/mol. The van der Waals surface area contributed by atoms with Gasteiger partial charge in [0, 0.05) is 45.1 Å². The van der Waals surface area contributed by atoms with Crippen LogP contribution in [0.3, 0.4) is 0 Å². The fraction of sp³-hybridized carbons (Fsp3) is 0.389. The molecule has 0 spiro atoms. The van der Waals surface area contributed by atoms with Crippen LogP contribution in [0, 0.1) is 0 Å². The Hall–Kier alpha value is -2.76. The molecule has 154 valence electrons. The third-order valence-electron chi connectivity index (χ3n) is 5.04. The van der Waals surface area contributed by atoms with E-state index in [1.165, 1.54) is 27.7 Å². The molecule has 0 atom stereocenters. The van der Waals surface area contributed by atoms with Gasteiger partial charge in [-0.15, -0.1) is 0 Å². The van der Waals surface area contributed by atoms with Gasteiger partial charge in [0.1, 0.15) is 0 Å². The van der Waals surface area contributed by atoms with Crippen LogP contribution in [0.15, 0.2) is 46.9 Å². The molecule has 1 aliphatic rings. The maximum atomic E-state index is 12.7. The Bertz CT molecular complexity index is 1190. The van der Waals surface area contributed by atoms with Crippen molar-refractivity contribution in [1.29, 1.82) is 0 Å². The second-order valence-corrected chi connectivity index (χ2v) is 8.82. The first-order valence-electron chi connectivity index (χ1n) is 9.23. The number of benzene rings is 1. The smallest absolute Gasteiger partial charge is 0.262 e. The van der Waals surface area contributed by atoms with Gasteiger partial charge in [0.25, 0.3) is 15.6 Å². The number of rotatable bonds is 5. The van der Waals surface area contributed by atoms with Crippen LogP contribution in [0.25, 0.3) is 10.9 Å². The van der Waals surface area contributed by atoms with Crippen molar-refractivity contribution in [3.8, 4) is 0 Å². The van der Waals surface area contributed by atoms with E-state index < -0.39 is 10.0 Å². The Balaban J connectivity index is 1.52. The molecule has 1 aromatic carbocycles. The molecule has 1 aliphatic heterocycles. The van der Waals surface area contributed by atoms with Gasteiger partial charge in [-0.05, 0) is 18.2 Å². The summed E-state index contributed by atoms with van der Waals surface area (Å²) >= 11 is 0. The molecule has 0 bridgehead atoms. The van der Waals surface area contributed by atoms with E-state index in [-0.39, 0.29) is 23.7 Å². The lowest BCUT2D eigenvalue weighted by atomic mass is 10.2. The monoisotopic (exact) mass is 418 g/mol. The van der Waals surface area contributed by atoms with E-state index in [4.69, 9.17) is 5.11 Å². The Morgan fingerprint density at radius 1 is 1.10 bits per heavy atom. The number of aliphatic hydroxyl groups is 1. The van der Waals surface area contributed by atoms with Crippen molar-refractivity contribution in [2.75, 3.05) is 37.7 Å². The number of fused-ring (bicyclic) bond motifs is 1. The van der Waals surface area contributed by atoms with E-state index in [9.17, 15) is 13.2 Å². The summed E-state index contributed by atoms with van der Waals surface area (Å²) in [4.78, 5) is 22.8. The lowest BCUT2D eigenvalue weighted by Gasteiger charge is -2.35. The predicted octanol–water partition coefficient (Wildman–Crippen LogP) is -0.367. The molecule has 1 saturated heterocycles. The van der Waals surface area contributed by atoms with Crippen molar-refractivity contribution in [3.05, 3.63) is 47.4 Å². The molecule has 3 heterocycles. The Kier molecular flexibility index (Phi) is 5.11. The summed E-state index contributed by atoms with van der Waals surface area (Å²) in [5.41, 5.74) is 1.27. The Labute approximate surface area is 167 Å². The van der Waals surface area contributed by atoms with Crippen LogP contribution < -0.4 is 10.5 Å². The highest BCUT2D eigenvalue weighted by atomic mass is 32.2. The zero-order chi connectivity index (χ0) is 20.6. The highest BCUT2D eigenvalue weighted by Gasteiger charge is 2.30. The molecule has 1 N–H and O–H groups in total. The van der Waals surface area contributed by atoms with Gasteiger partial charge in [-0.25, -0.2) is 18.4 Å². The van der Waals surface area contributed by atoms with Crippen LogP contribution >= 0.6 is 0 Å². The van der Waals surface area contributed by atoms with Crippen molar-refractivity contribution in [3.63, 3.8) is 0 Å². The first-order chi connectivity index (χ1) is 13.9. The van der Waals surface area contributed by atoms with E-state index in [2.05, 4.69) is 14.9 Å². The van der Waals surface area contributed by atoms with Gasteiger partial charge in [0.15, 0.2) is 5.03 Å². The Morgan fingerprint density at radius 2 is 1.86 bits per heavy atom. The molecule has 0 amide bonds. The molecule has 3 aromatic rings. The highest BCUT2D eigenvalue weighted by molar-refractivity contribution is 7.89. The molecule has 0 saturated carbocycles. The average molecular weight is 418 g/mol. The van der Waals surface area contributed by atoms with E-state index in [0.717, 1.165) is 5.69 Å². The summed E-state index contributed by atoms with van der Waals surface area (Å²) in [6.45, 7) is 1.83. The first kappa shape index (κ1) is 19.6. The summed E-state index contributed by atoms with van der Waals surface area (Å²) in [6, 6.07) is 5.41. The number of aliphatic hydroxyl groups excluding tert-OH is 1. The van der Waals surface area contributed by atoms with E-state index in [1.54, 1.807) is 17.7 Å². The second kappa shape index (κ2) is 7.58. The van der Waals surface area contributed by atoms with Crippen LogP contribution in [0.5, 0.6) is 0 Å². The summed E-state index contributed by atoms with van der Waals surface area (Å²) in [5.74, 6) is 0.